The van der Waals surface area contributed by atoms with Crippen molar-refractivity contribution in [1.82, 2.24) is 10.2 Å². The van der Waals surface area contributed by atoms with Gasteiger partial charge in [0.15, 0.2) is 0 Å². The molecule has 4 heteroatoms. The van der Waals surface area contributed by atoms with Crippen molar-refractivity contribution in [2.75, 3.05) is 6.54 Å². The highest BCUT2D eigenvalue weighted by Gasteiger charge is 2.31. The largest absolute Gasteiger partial charge is 0.335 e. The standard InChI is InChI=1S/C17H23FN2O/c18-14-10-8-13(9-11-14)16-7-4-12-20(16)17(21)19-15-5-2-1-3-6-15/h8-11,15-16H,1-7,12H2,(H,19,21). The maximum atomic E-state index is 13.0. The molecule has 1 saturated carbocycles. The van der Waals surface area contributed by atoms with Crippen molar-refractivity contribution >= 4 is 6.03 Å². The van der Waals surface area contributed by atoms with Gasteiger partial charge in [-0.2, -0.15) is 0 Å². The lowest BCUT2D eigenvalue weighted by molar-refractivity contribution is 0.185. The monoisotopic (exact) mass is 290 g/mol. The fourth-order valence-electron chi connectivity index (χ4n) is 3.55. The van der Waals surface area contributed by atoms with Crippen LogP contribution in [0.2, 0.25) is 0 Å². The SMILES string of the molecule is O=C(NC1CCCCC1)N1CCCC1c1ccc(F)cc1. The summed E-state index contributed by atoms with van der Waals surface area (Å²) in [6, 6.07) is 7.03. The van der Waals surface area contributed by atoms with E-state index in [2.05, 4.69) is 5.32 Å². The van der Waals surface area contributed by atoms with Crippen LogP contribution in [0.15, 0.2) is 24.3 Å². The summed E-state index contributed by atoms with van der Waals surface area (Å²) < 4.78 is 13.0. The number of rotatable bonds is 2. The van der Waals surface area contributed by atoms with Crippen molar-refractivity contribution in [1.29, 1.82) is 0 Å². The zero-order valence-corrected chi connectivity index (χ0v) is 12.4. The predicted octanol–water partition coefficient (Wildman–Crippen LogP) is 4.00. The third-order valence-electron chi connectivity index (χ3n) is 4.70. The molecule has 114 valence electrons. The Kier molecular flexibility index (Phi) is 4.42. The topological polar surface area (TPSA) is 32.3 Å². The van der Waals surface area contributed by atoms with Gasteiger partial charge in [-0.1, -0.05) is 31.4 Å². The lowest BCUT2D eigenvalue weighted by atomic mass is 9.96. The maximum absolute atomic E-state index is 13.0. The lowest BCUT2D eigenvalue weighted by Crippen LogP contribution is -2.45. The van der Waals surface area contributed by atoms with Gasteiger partial charge in [0, 0.05) is 12.6 Å². The molecule has 0 bridgehead atoms. The number of hydrogen-bond donors (Lipinski definition) is 1. The molecule has 0 radical (unpaired) electrons. The first kappa shape index (κ1) is 14.4. The van der Waals surface area contributed by atoms with Crippen molar-refractivity contribution in [3.05, 3.63) is 35.6 Å². The van der Waals surface area contributed by atoms with Gasteiger partial charge >= 0.3 is 6.03 Å². The summed E-state index contributed by atoms with van der Waals surface area (Å²) >= 11 is 0. The molecule has 0 aromatic heterocycles. The molecule has 1 aromatic carbocycles. The zero-order valence-electron chi connectivity index (χ0n) is 12.4. The van der Waals surface area contributed by atoms with E-state index in [0.717, 1.165) is 37.8 Å². The van der Waals surface area contributed by atoms with Crippen LogP contribution < -0.4 is 5.32 Å². The summed E-state index contributed by atoms with van der Waals surface area (Å²) in [5.41, 5.74) is 1.03. The van der Waals surface area contributed by atoms with Crippen LogP contribution in [0.5, 0.6) is 0 Å². The number of halogens is 1. The number of nitrogens with one attached hydrogen (secondary N) is 1. The molecule has 1 atom stereocenters. The first-order valence-electron chi connectivity index (χ1n) is 8.06. The van der Waals surface area contributed by atoms with Gasteiger partial charge in [0.05, 0.1) is 6.04 Å². The molecule has 2 amide bonds. The lowest BCUT2D eigenvalue weighted by Gasteiger charge is -2.29. The highest BCUT2D eigenvalue weighted by molar-refractivity contribution is 5.75. The number of urea groups is 1. The van der Waals surface area contributed by atoms with Gasteiger partial charge < -0.3 is 10.2 Å². The Morgan fingerprint density at radius 1 is 1.05 bits per heavy atom. The molecule has 3 nitrogen and oxygen atoms in total. The van der Waals surface area contributed by atoms with Crippen LogP contribution >= 0.6 is 0 Å². The Balaban J connectivity index is 1.65. The summed E-state index contributed by atoms with van der Waals surface area (Å²) in [6.45, 7) is 0.792. The third-order valence-corrected chi connectivity index (χ3v) is 4.70. The fraction of sp³-hybridized carbons (Fsp3) is 0.588. The van der Waals surface area contributed by atoms with E-state index in [1.54, 1.807) is 12.1 Å². The minimum absolute atomic E-state index is 0.0497. The molecule has 1 N–H and O–H groups in total. The van der Waals surface area contributed by atoms with Gasteiger partial charge in [-0.25, -0.2) is 9.18 Å². The van der Waals surface area contributed by atoms with Crippen molar-refractivity contribution in [2.45, 2.75) is 57.0 Å². The molecule has 2 fully saturated rings. The van der Waals surface area contributed by atoms with Crippen molar-refractivity contribution < 1.29 is 9.18 Å². The average molecular weight is 290 g/mol. The van der Waals surface area contributed by atoms with Crippen LogP contribution in [0.1, 0.15) is 56.6 Å². The van der Waals surface area contributed by atoms with Gasteiger partial charge in [0.1, 0.15) is 5.82 Å². The van der Waals surface area contributed by atoms with Crippen LogP contribution in [-0.4, -0.2) is 23.5 Å². The highest BCUT2D eigenvalue weighted by Crippen LogP contribution is 2.32. The number of amides is 2. The second kappa shape index (κ2) is 6.46. The Morgan fingerprint density at radius 2 is 1.76 bits per heavy atom. The number of likely N-dealkylation sites (tertiary alicyclic amines) is 1. The molecule has 3 rings (SSSR count). The molecule has 2 aliphatic rings. The molecule has 1 unspecified atom stereocenters. The number of benzene rings is 1. The zero-order chi connectivity index (χ0) is 14.7. The van der Waals surface area contributed by atoms with Crippen LogP contribution in [0.4, 0.5) is 9.18 Å². The normalized spacial score (nSPS) is 23.3. The summed E-state index contributed by atoms with van der Waals surface area (Å²) in [5, 5.41) is 3.18. The molecule has 21 heavy (non-hydrogen) atoms. The third kappa shape index (κ3) is 3.36. The minimum atomic E-state index is -0.227. The Bertz CT molecular complexity index is 482. The van der Waals surface area contributed by atoms with Crippen LogP contribution in [0.25, 0.3) is 0 Å². The van der Waals surface area contributed by atoms with E-state index in [1.807, 2.05) is 4.90 Å². The molecule has 1 aliphatic carbocycles. The van der Waals surface area contributed by atoms with E-state index < -0.39 is 0 Å². The van der Waals surface area contributed by atoms with Crippen molar-refractivity contribution in [2.24, 2.45) is 0 Å². The quantitative estimate of drug-likeness (QED) is 0.877. The molecule has 1 aromatic rings. The molecule has 1 saturated heterocycles. The number of carbonyl (C=O) groups excluding carboxylic acids is 1. The van der Waals surface area contributed by atoms with Gasteiger partial charge in [0.2, 0.25) is 0 Å². The second-order valence-electron chi connectivity index (χ2n) is 6.19. The number of hydrogen-bond acceptors (Lipinski definition) is 1. The summed E-state index contributed by atoms with van der Waals surface area (Å²) in [5.74, 6) is -0.227. The van der Waals surface area contributed by atoms with Crippen LogP contribution in [0.3, 0.4) is 0 Å². The highest BCUT2D eigenvalue weighted by atomic mass is 19.1. The van der Waals surface area contributed by atoms with E-state index in [4.69, 9.17) is 0 Å². The molecule has 0 spiro atoms. The van der Waals surface area contributed by atoms with E-state index in [1.165, 1.54) is 31.4 Å². The van der Waals surface area contributed by atoms with Crippen molar-refractivity contribution in [3.8, 4) is 0 Å². The molecule has 1 heterocycles. The average Bonchev–Trinajstić information content (AvgIpc) is 2.98. The van der Waals surface area contributed by atoms with E-state index in [0.29, 0.717) is 6.04 Å². The Labute approximate surface area is 125 Å². The Morgan fingerprint density at radius 3 is 2.48 bits per heavy atom. The van der Waals surface area contributed by atoms with E-state index in [-0.39, 0.29) is 17.9 Å². The number of carbonyl (C=O) groups is 1. The van der Waals surface area contributed by atoms with Crippen LogP contribution in [-0.2, 0) is 0 Å². The van der Waals surface area contributed by atoms with Gasteiger partial charge in [-0.3, -0.25) is 0 Å². The van der Waals surface area contributed by atoms with Crippen molar-refractivity contribution in [3.63, 3.8) is 0 Å². The van der Waals surface area contributed by atoms with Crippen LogP contribution in [0, 0.1) is 5.82 Å². The van der Waals surface area contributed by atoms with E-state index >= 15 is 0 Å². The van der Waals surface area contributed by atoms with E-state index in [9.17, 15) is 9.18 Å². The minimum Gasteiger partial charge on any atom is -0.335 e. The van der Waals surface area contributed by atoms with Gasteiger partial charge in [-0.05, 0) is 43.4 Å². The smallest absolute Gasteiger partial charge is 0.318 e. The molecular weight excluding hydrogens is 267 g/mol. The number of nitrogens with zero attached hydrogens (tertiary/aromatic N) is 1. The Hall–Kier alpha value is -1.58. The fourth-order valence-corrected chi connectivity index (χ4v) is 3.55. The maximum Gasteiger partial charge on any atom is 0.318 e. The summed E-state index contributed by atoms with van der Waals surface area (Å²) in [6.07, 6.45) is 7.89. The first-order chi connectivity index (χ1) is 10.2. The first-order valence-corrected chi connectivity index (χ1v) is 8.06. The molecule has 1 aliphatic heterocycles. The summed E-state index contributed by atoms with van der Waals surface area (Å²) in [4.78, 5) is 14.4. The second-order valence-corrected chi connectivity index (χ2v) is 6.19. The van der Waals surface area contributed by atoms with Gasteiger partial charge in [0.25, 0.3) is 0 Å². The summed E-state index contributed by atoms with van der Waals surface area (Å²) in [7, 11) is 0. The molecular formula is C17H23FN2O. The van der Waals surface area contributed by atoms with Gasteiger partial charge in [-0.15, -0.1) is 0 Å². The predicted molar refractivity (Wildman–Crippen MR) is 80.5 cm³/mol.